The van der Waals surface area contributed by atoms with Gasteiger partial charge in [0.15, 0.2) is 0 Å². The van der Waals surface area contributed by atoms with E-state index in [0.717, 1.165) is 12.4 Å². The van der Waals surface area contributed by atoms with Gasteiger partial charge in [-0.2, -0.15) is 0 Å². The van der Waals surface area contributed by atoms with Crippen LogP contribution in [0, 0.1) is 0 Å². The van der Waals surface area contributed by atoms with E-state index >= 15 is 0 Å². The van der Waals surface area contributed by atoms with E-state index in [0.29, 0.717) is 12.7 Å². The van der Waals surface area contributed by atoms with Gasteiger partial charge in [-0.1, -0.05) is 6.07 Å². The Morgan fingerprint density at radius 1 is 1.20 bits per heavy atom. The first-order valence-electron chi connectivity index (χ1n) is 5.78. The molecule has 0 spiro atoms. The summed E-state index contributed by atoms with van der Waals surface area (Å²) in [5, 5.41) is 0. The van der Waals surface area contributed by atoms with Crippen molar-refractivity contribution in [2.75, 3.05) is 13.2 Å². The van der Waals surface area contributed by atoms with E-state index < -0.39 is 0 Å². The van der Waals surface area contributed by atoms with Gasteiger partial charge < -0.3 is 9.47 Å². The van der Waals surface area contributed by atoms with E-state index in [1.54, 1.807) is 0 Å². The summed E-state index contributed by atoms with van der Waals surface area (Å²) in [6.07, 6.45) is 5.46. The van der Waals surface area contributed by atoms with Crippen LogP contribution in [0.2, 0.25) is 0 Å². The molecule has 1 aliphatic heterocycles. The highest BCUT2D eigenvalue weighted by Gasteiger charge is 2.23. The van der Waals surface area contributed by atoms with Crippen molar-refractivity contribution in [1.29, 1.82) is 0 Å². The number of hydrogen-bond donors (Lipinski definition) is 0. The van der Waals surface area contributed by atoms with Crippen LogP contribution in [-0.2, 0) is 17.6 Å². The third kappa shape index (κ3) is 2.15. The zero-order valence-electron chi connectivity index (χ0n) is 8.87. The van der Waals surface area contributed by atoms with Gasteiger partial charge in [0, 0.05) is 0 Å². The van der Waals surface area contributed by atoms with Crippen molar-refractivity contribution >= 4 is 0 Å². The van der Waals surface area contributed by atoms with Crippen molar-refractivity contribution in [2.45, 2.75) is 31.8 Å². The highest BCUT2D eigenvalue weighted by Crippen LogP contribution is 2.25. The molecular weight excluding hydrogens is 188 g/mol. The van der Waals surface area contributed by atoms with Gasteiger partial charge in [0.2, 0.25) is 0 Å². The van der Waals surface area contributed by atoms with Crippen LogP contribution < -0.4 is 4.74 Å². The van der Waals surface area contributed by atoms with Crippen molar-refractivity contribution in [3.8, 4) is 5.75 Å². The van der Waals surface area contributed by atoms with E-state index in [-0.39, 0.29) is 0 Å². The number of aryl methyl sites for hydroxylation is 2. The Bertz CT molecular complexity index is 356. The predicted octanol–water partition coefficient (Wildman–Crippen LogP) is 2.34. The van der Waals surface area contributed by atoms with Gasteiger partial charge in [-0.3, -0.25) is 0 Å². The molecule has 0 amide bonds. The highest BCUT2D eigenvalue weighted by molar-refractivity contribution is 5.37. The summed E-state index contributed by atoms with van der Waals surface area (Å²) >= 11 is 0. The van der Waals surface area contributed by atoms with E-state index in [4.69, 9.17) is 9.47 Å². The van der Waals surface area contributed by atoms with Crippen molar-refractivity contribution in [3.63, 3.8) is 0 Å². The topological polar surface area (TPSA) is 21.8 Å². The zero-order chi connectivity index (χ0) is 10.1. The second-order valence-corrected chi connectivity index (χ2v) is 4.40. The van der Waals surface area contributed by atoms with Crippen LogP contribution in [0.5, 0.6) is 5.75 Å². The molecule has 1 aromatic rings. The van der Waals surface area contributed by atoms with Crippen LogP contribution in [0.25, 0.3) is 0 Å². The van der Waals surface area contributed by atoms with Gasteiger partial charge in [0.05, 0.1) is 6.61 Å². The first kappa shape index (κ1) is 9.22. The Hall–Kier alpha value is -1.02. The van der Waals surface area contributed by atoms with E-state index in [2.05, 4.69) is 18.2 Å². The van der Waals surface area contributed by atoms with Crippen LogP contribution in [0.4, 0.5) is 0 Å². The monoisotopic (exact) mass is 204 g/mol. The molecule has 3 rings (SSSR count). The maximum absolute atomic E-state index is 5.67. The van der Waals surface area contributed by atoms with Crippen molar-refractivity contribution in [2.24, 2.45) is 0 Å². The molecule has 0 bridgehead atoms. The van der Waals surface area contributed by atoms with Crippen LogP contribution in [-0.4, -0.2) is 19.3 Å². The molecule has 1 aliphatic carbocycles. The average Bonchev–Trinajstić information content (AvgIpc) is 3.10. The molecule has 0 aromatic heterocycles. The summed E-state index contributed by atoms with van der Waals surface area (Å²) < 4.78 is 10.8. The number of hydrogen-bond acceptors (Lipinski definition) is 2. The highest BCUT2D eigenvalue weighted by atomic mass is 16.6. The molecular formula is C13H16O2. The molecule has 1 saturated heterocycles. The largest absolute Gasteiger partial charge is 0.491 e. The minimum atomic E-state index is 0.348. The Kier molecular flexibility index (Phi) is 2.37. The molecule has 1 atom stereocenters. The van der Waals surface area contributed by atoms with Crippen molar-refractivity contribution in [1.82, 2.24) is 0 Å². The second-order valence-electron chi connectivity index (χ2n) is 4.40. The lowest BCUT2D eigenvalue weighted by atomic mass is 9.92. The van der Waals surface area contributed by atoms with Crippen molar-refractivity contribution < 1.29 is 9.47 Å². The number of rotatable bonds is 3. The Labute approximate surface area is 90.2 Å². The third-order valence-electron chi connectivity index (χ3n) is 3.16. The lowest BCUT2D eigenvalue weighted by Crippen LogP contribution is -2.06. The first-order valence-corrected chi connectivity index (χ1v) is 5.78. The van der Waals surface area contributed by atoms with Gasteiger partial charge in [-0.25, -0.2) is 0 Å². The molecule has 1 unspecified atom stereocenters. The Balaban J connectivity index is 1.71. The average molecular weight is 204 g/mol. The lowest BCUT2D eigenvalue weighted by Gasteiger charge is -2.16. The van der Waals surface area contributed by atoms with Gasteiger partial charge in [-0.15, -0.1) is 0 Å². The standard InChI is InChI=1S/C13H16O2/c1-2-4-11-7-12(6-5-10(11)3-1)14-8-13-9-15-13/h5-7,13H,1-4,8-9H2. The van der Waals surface area contributed by atoms with Gasteiger partial charge >= 0.3 is 0 Å². The molecule has 2 aliphatic rings. The fraction of sp³-hybridized carbons (Fsp3) is 0.538. The van der Waals surface area contributed by atoms with Crippen LogP contribution >= 0.6 is 0 Å². The molecule has 80 valence electrons. The maximum atomic E-state index is 5.67. The van der Waals surface area contributed by atoms with Crippen LogP contribution in [0.1, 0.15) is 24.0 Å². The van der Waals surface area contributed by atoms with Crippen LogP contribution in [0.15, 0.2) is 18.2 Å². The molecule has 1 heterocycles. The molecule has 2 heteroatoms. The molecule has 15 heavy (non-hydrogen) atoms. The fourth-order valence-corrected chi connectivity index (χ4v) is 2.15. The molecule has 0 N–H and O–H groups in total. The summed E-state index contributed by atoms with van der Waals surface area (Å²) in [5.41, 5.74) is 2.99. The molecule has 1 fully saturated rings. The number of fused-ring (bicyclic) bond motifs is 1. The predicted molar refractivity (Wildman–Crippen MR) is 58.3 cm³/mol. The SMILES string of the molecule is c1cc2c(cc1OCC1CO1)CCCC2. The first-order chi connectivity index (χ1) is 7.42. The summed E-state index contributed by atoms with van der Waals surface area (Å²) in [6, 6.07) is 6.51. The second kappa shape index (κ2) is 3.86. The van der Waals surface area contributed by atoms with Gasteiger partial charge in [0.25, 0.3) is 0 Å². The maximum Gasteiger partial charge on any atom is 0.119 e. The molecule has 1 aromatic carbocycles. The van der Waals surface area contributed by atoms with E-state index in [9.17, 15) is 0 Å². The normalized spacial score (nSPS) is 23.3. The minimum absolute atomic E-state index is 0.348. The summed E-state index contributed by atoms with van der Waals surface area (Å²) in [4.78, 5) is 0. The summed E-state index contributed by atoms with van der Waals surface area (Å²) in [7, 11) is 0. The van der Waals surface area contributed by atoms with E-state index in [1.807, 2.05) is 0 Å². The smallest absolute Gasteiger partial charge is 0.119 e. The molecule has 2 nitrogen and oxygen atoms in total. The number of ether oxygens (including phenoxy) is 2. The molecule has 0 radical (unpaired) electrons. The Morgan fingerprint density at radius 2 is 2.00 bits per heavy atom. The Morgan fingerprint density at radius 3 is 2.80 bits per heavy atom. The number of epoxide rings is 1. The van der Waals surface area contributed by atoms with E-state index in [1.165, 1.54) is 36.8 Å². The third-order valence-corrected chi connectivity index (χ3v) is 3.16. The quantitative estimate of drug-likeness (QED) is 0.705. The van der Waals surface area contributed by atoms with Gasteiger partial charge in [-0.05, 0) is 48.9 Å². The van der Waals surface area contributed by atoms with Gasteiger partial charge in [0.1, 0.15) is 18.5 Å². The minimum Gasteiger partial charge on any atom is -0.491 e. The summed E-state index contributed by atoms with van der Waals surface area (Å²) in [6.45, 7) is 1.57. The fourth-order valence-electron chi connectivity index (χ4n) is 2.15. The zero-order valence-corrected chi connectivity index (χ0v) is 8.87. The lowest BCUT2D eigenvalue weighted by molar-refractivity contribution is 0.262. The van der Waals surface area contributed by atoms with Crippen molar-refractivity contribution in [3.05, 3.63) is 29.3 Å². The molecule has 0 saturated carbocycles. The number of benzene rings is 1. The van der Waals surface area contributed by atoms with Crippen LogP contribution in [0.3, 0.4) is 0 Å². The summed E-state index contributed by atoms with van der Waals surface area (Å²) in [5.74, 6) is 1.01.